The van der Waals surface area contributed by atoms with Crippen molar-refractivity contribution in [3.63, 3.8) is 0 Å². The van der Waals surface area contributed by atoms with E-state index in [1.165, 1.54) is 4.31 Å². The Morgan fingerprint density at radius 1 is 1.04 bits per heavy atom. The molecule has 0 heterocycles. The van der Waals surface area contributed by atoms with Crippen LogP contribution in [0.4, 0.5) is 0 Å². The van der Waals surface area contributed by atoms with Gasteiger partial charge in [-0.25, -0.2) is 8.42 Å². The Morgan fingerprint density at radius 3 is 2.19 bits per heavy atom. The van der Waals surface area contributed by atoms with Crippen molar-refractivity contribution in [2.75, 3.05) is 13.1 Å². The maximum absolute atomic E-state index is 13.0. The van der Waals surface area contributed by atoms with Gasteiger partial charge in [-0.2, -0.15) is 4.31 Å². The number of ether oxygens (including phenoxy) is 1. The van der Waals surface area contributed by atoms with Crippen LogP contribution < -0.4 is 10.5 Å². The van der Waals surface area contributed by atoms with Crippen LogP contribution in [-0.2, 0) is 16.6 Å². The summed E-state index contributed by atoms with van der Waals surface area (Å²) in [5.74, 6) is 0.658. The molecule has 0 unspecified atom stereocenters. The van der Waals surface area contributed by atoms with E-state index in [0.29, 0.717) is 31.8 Å². The highest BCUT2D eigenvalue weighted by Gasteiger charge is 2.24. The fraction of sp³-hybridized carbons (Fsp3) is 0.368. The number of nitrogens with zero attached hydrogens (tertiary/aromatic N) is 1. The van der Waals surface area contributed by atoms with Gasteiger partial charge >= 0.3 is 0 Å². The van der Waals surface area contributed by atoms with Crippen LogP contribution in [0.3, 0.4) is 0 Å². The lowest BCUT2D eigenvalue weighted by molar-refractivity contribution is 0.242. The standard InChI is InChI=1S/C19H26N2O3S.ClH/c1-16(2)24-18-9-11-19(12-10-18)25(22,23)21(14-6-13-20)15-17-7-4-3-5-8-17;/h3-5,7-12,16H,6,13-15,20H2,1-2H3;1H. The average molecular weight is 399 g/mol. The van der Waals surface area contributed by atoms with E-state index < -0.39 is 10.0 Å². The van der Waals surface area contributed by atoms with Crippen LogP contribution in [0.2, 0.25) is 0 Å². The van der Waals surface area contributed by atoms with E-state index in [0.717, 1.165) is 5.56 Å². The number of nitrogens with two attached hydrogens (primary N) is 1. The van der Waals surface area contributed by atoms with E-state index in [4.69, 9.17) is 10.5 Å². The van der Waals surface area contributed by atoms with Crippen molar-refractivity contribution in [3.8, 4) is 5.75 Å². The second-order valence-corrected chi connectivity index (χ2v) is 8.04. The van der Waals surface area contributed by atoms with E-state index in [1.54, 1.807) is 24.3 Å². The summed E-state index contributed by atoms with van der Waals surface area (Å²) in [7, 11) is -3.59. The van der Waals surface area contributed by atoms with Crippen LogP contribution in [0.15, 0.2) is 59.5 Å². The second kappa shape index (κ2) is 10.5. The summed E-state index contributed by atoms with van der Waals surface area (Å²) in [5.41, 5.74) is 6.53. The third kappa shape index (κ3) is 6.29. The van der Waals surface area contributed by atoms with E-state index in [1.807, 2.05) is 44.2 Å². The van der Waals surface area contributed by atoms with Gasteiger partial charge in [0.2, 0.25) is 10.0 Å². The van der Waals surface area contributed by atoms with E-state index in [-0.39, 0.29) is 23.4 Å². The van der Waals surface area contributed by atoms with E-state index >= 15 is 0 Å². The first kappa shape index (κ1) is 22.4. The lowest BCUT2D eigenvalue weighted by Crippen LogP contribution is -2.32. The minimum atomic E-state index is -3.59. The smallest absolute Gasteiger partial charge is 0.243 e. The number of benzene rings is 2. The number of hydrogen-bond acceptors (Lipinski definition) is 4. The van der Waals surface area contributed by atoms with Crippen LogP contribution in [0, 0.1) is 0 Å². The molecule has 0 aromatic heterocycles. The van der Waals surface area contributed by atoms with Gasteiger partial charge in [0.25, 0.3) is 0 Å². The average Bonchev–Trinajstić information content (AvgIpc) is 2.59. The van der Waals surface area contributed by atoms with Crippen LogP contribution in [0.25, 0.3) is 0 Å². The molecule has 2 aromatic carbocycles. The Bertz CT molecular complexity index is 750. The largest absolute Gasteiger partial charge is 0.491 e. The third-order valence-electron chi connectivity index (χ3n) is 3.65. The first-order valence-corrected chi connectivity index (χ1v) is 9.88. The Balaban J connectivity index is 0.00000338. The van der Waals surface area contributed by atoms with Crippen molar-refractivity contribution in [2.45, 2.75) is 37.8 Å². The Morgan fingerprint density at radius 2 is 1.65 bits per heavy atom. The molecule has 0 spiro atoms. The fourth-order valence-corrected chi connectivity index (χ4v) is 3.92. The van der Waals surface area contributed by atoms with Gasteiger partial charge in [0, 0.05) is 13.1 Å². The van der Waals surface area contributed by atoms with Crippen molar-refractivity contribution >= 4 is 22.4 Å². The molecule has 0 atom stereocenters. The van der Waals surface area contributed by atoms with Crippen molar-refractivity contribution < 1.29 is 13.2 Å². The van der Waals surface area contributed by atoms with Gasteiger partial charge in [0.05, 0.1) is 11.0 Å². The molecule has 0 fully saturated rings. The molecule has 0 saturated heterocycles. The molecule has 0 aliphatic heterocycles. The number of halogens is 1. The molecule has 26 heavy (non-hydrogen) atoms. The SMILES string of the molecule is CC(C)Oc1ccc(S(=O)(=O)N(CCCN)Cc2ccccc2)cc1.Cl. The lowest BCUT2D eigenvalue weighted by atomic mass is 10.2. The van der Waals surface area contributed by atoms with Gasteiger partial charge in [0.1, 0.15) is 5.75 Å². The third-order valence-corrected chi connectivity index (χ3v) is 5.51. The van der Waals surface area contributed by atoms with Crippen molar-refractivity contribution in [3.05, 3.63) is 60.2 Å². The first-order valence-electron chi connectivity index (χ1n) is 8.44. The molecule has 7 heteroatoms. The molecular formula is C19H27ClN2O3S. The van der Waals surface area contributed by atoms with Crippen LogP contribution in [0.5, 0.6) is 5.75 Å². The molecule has 2 rings (SSSR count). The Hall–Kier alpha value is -1.60. The quantitative estimate of drug-likeness (QED) is 0.702. The maximum Gasteiger partial charge on any atom is 0.243 e. The fourth-order valence-electron chi connectivity index (χ4n) is 2.45. The number of hydrogen-bond donors (Lipinski definition) is 1. The predicted octanol–water partition coefficient (Wildman–Crippen LogP) is 3.44. The molecule has 5 nitrogen and oxygen atoms in total. The van der Waals surface area contributed by atoms with Crippen LogP contribution in [-0.4, -0.2) is 31.9 Å². The Kier molecular flexibility index (Phi) is 9.08. The van der Waals surface area contributed by atoms with Crippen molar-refractivity contribution in [2.24, 2.45) is 5.73 Å². The zero-order valence-corrected chi connectivity index (χ0v) is 16.8. The zero-order chi connectivity index (χ0) is 18.3. The summed E-state index contributed by atoms with van der Waals surface area (Å²) in [6.07, 6.45) is 0.655. The van der Waals surface area contributed by atoms with Gasteiger partial charge in [-0.15, -0.1) is 12.4 Å². The van der Waals surface area contributed by atoms with Gasteiger partial charge < -0.3 is 10.5 Å². The molecule has 2 N–H and O–H groups in total. The number of rotatable bonds is 9. The monoisotopic (exact) mass is 398 g/mol. The normalized spacial score (nSPS) is 11.4. The van der Waals surface area contributed by atoms with Crippen molar-refractivity contribution in [1.29, 1.82) is 0 Å². The first-order chi connectivity index (χ1) is 11.9. The van der Waals surface area contributed by atoms with Gasteiger partial charge in [-0.1, -0.05) is 30.3 Å². The van der Waals surface area contributed by atoms with Gasteiger partial charge in [-0.3, -0.25) is 0 Å². The molecule has 0 bridgehead atoms. The van der Waals surface area contributed by atoms with Crippen LogP contribution >= 0.6 is 12.4 Å². The molecule has 0 saturated carbocycles. The van der Waals surface area contributed by atoms with Gasteiger partial charge in [0.15, 0.2) is 0 Å². The summed E-state index contributed by atoms with van der Waals surface area (Å²) in [5, 5.41) is 0. The molecule has 0 aliphatic rings. The summed E-state index contributed by atoms with van der Waals surface area (Å²) in [6.45, 7) is 5.02. The summed E-state index contributed by atoms with van der Waals surface area (Å²) < 4.78 is 33.1. The minimum absolute atomic E-state index is 0. The summed E-state index contributed by atoms with van der Waals surface area (Å²) in [4.78, 5) is 0.261. The summed E-state index contributed by atoms with van der Waals surface area (Å²) in [6, 6.07) is 16.1. The lowest BCUT2D eigenvalue weighted by Gasteiger charge is -2.22. The highest BCUT2D eigenvalue weighted by atomic mass is 35.5. The van der Waals surface area contributed by atoms with Crippen molar-refractivity contribution in [1.82, 2.24) is 4.31 Å². The number of sulfonamides is 1. The van der Waals surface area contributed by atoms with E-state index in [2.05, 4.69) is 0 Å². The maximum atomic E-state index is 13.0. The molecule has 0 radical (unpaired) electrons. The molecule has 0 amide bonds. The molecule has 144 valence electrons. The second-order valence-electron chi connectivity index (χ2n) is 6.10. The summed E-state index contributed by atoms with van der Waals surface area (Å²) >= 11 is 0. The minimum Gasteiger partial charge on any atom is -0.491 e. The topological polar surface area (TPSA) is 72.6 Å². The molecule has 0 aliphatic carbocycles. The van der Waals surface area contributed by atoms with E-state index in [9.17, 15) is 8.42 Å². The van der Waals surface area contributed by atoms with Crippen LogP contribution in [0.1, 0.15) is 25.8 Å². The molecular weight excluding hydrogens is 372 g/mol. The predicted molar refractivity (Wildman–Crippen MR) is 107 cm³/mol. The van der Waals surface area contributed by atoms with Gasteiger partial charge in [-0.05, 0) is 56.6 Å². The highest BCUT2D eigenvalue weighted by molar-refractivity contribution is 7.89. The zero-order valence-electron chi connectivity index (χ0n) is 15.2. The Labute approximate surface area is 162 Å². The molecule has 2 aromatic rings. The highest BCUT2D eigenvalue weighted by Crippen LogP contribution is 2.22.